The average molecular weight is 410 g/mol. The highest BCUT2D eigenvalue weighted by atomic mass is 32.2. The number of hydrogen-bond donors (Lipinski definition) is 0. The molecule has 2 rings (SSSR count). The van der Waals surface area contributed by atoms with E-state index in [1.165, 1.54) is 30.0 Å². The minimum Gasteiger partial charge on any atom is -0.449 e. The van der Waals surface area contributed by atoms with Gasteiger partial charge < -0.3 is 14.4 Å². The van der Waals surface area contributed by atoms with E-state index >= 15 is 0 Å². The first-order valence-corrected chi connectivity index (χ1v) is 9.25. The van der Waals surface area contributed by atoms with E-state index < -0.39 is 37.5 Å². The van der Waals surface area contributed by atoms with Gasteiger partial charge in [-0.2, -0.15) is 25.9 Å². The van der Waals surface area contributed by atoms with Gasteiger partial charge in [0.2, 0.25) is 5.91 Å². The van der Waals surface area contributed by atoms with Crippen LogP contribution < -0.4 is 4.31 Å². The molecule has 1 aliphatic rings. The van der Waals surface area contributed by atoms with Crippen molar-refractivity contribution in [2.45, 2.75) is 19.0 Å². The first-order valence-electron chi connectivity index (χ1n) is 7.81. The molecule has 0 aromatic heterocycles. The van der Waals surface area contributed by atoms with Gasteiger partial charge in [-0.1, -0.05) is 18.2 Å². The van der Waals surface area contributed by atoms with Gasteiger partial charge in [-0.25, -0.2) is 4.79 Å². The van der Waals surface area contributed by atoms with E-state index in [9.17, 15) is 31.2 Å². The summed E-state index contributed by atoms with van der Waals surface area (Å²) in [5, 5.41) is 0. The lowest BCUT2D eigenvalue weighted by Gasteiger charge is -2.29. The lowest BCUT2D eigenvalue weighted by Crippen LogP contribution is -2.46. The van der Waals surface area contributed by atoms with Crippen LogP contribution in [-0.2, 0) is 30.8 Å². The fourth-order valence-electron chi connectivity index (χ4n) is 2.38. The quantitative estimate of drug-likeness (QED) is 0.736. The number of ether oxygens (including phenoxy) is 2. The second-order valence-corrected chi connectivity index (χ2v) is 7.19. The summed E-state index contributed by atoms with van der Waals surface area (Å²) >= 11 is 0. The zero-order chi connectivity index (χ0) is 20.2. The molecule has 12 heteroatoms. The van der Waals surface area contributed by atoms with E-state index in [1.807, 2.05) is 0 Å². The standard InChI is InChI=1S/C15H17F3N2O6S/c1-2-26-14(22)20(27(23,24)15(16,17)18)12-6-4-3-5-11(12)9-19-7-8-25-10-13(19)21/h3-6H,2,7-10H2,1H3. The van der Waals surface area contributed by atoms with Gasteiger partial charge in [-0.05, 0) is 18.6 Å². The van der Waals surface area contributed by atoms with Crippen LogP contribution in [0.25, 0.3) is 0 Å². The topological polar surface area (TPSA) is 93.2 Å². The van der Waals surface area contributed by atoms with E-state index in [1.54, 1.807) is 0 Å². The monoisotopic (exact) mass is 410 g/mol. The molecule has 1 aromatic rings. The van der Waals surface area contributed by atoms with Gasteiger partial charge in [0.1, 0.15) is 6.61 Å². The molecule has 1 heterocycles. The molecule has 2 amide bonds. The van der Waals surface area contributed by atoms with Crippen LogP contribution in [0.15, 0.2) is 24.3 Å². The minimum absolute atomic E-state index is 0.0358. The third-order valence-electron chi connectivity index (χ3n) is 3.62. The predicted molar refractivity (Wildman–Crippen MR) is 87.2 cm³/mol. The van der Waals surface area contributed by atoms with Gasteiger partial charge in [0.05, 0.1) is 18.9 Å². The molecule has 0 saturated carbocycles. The molecule has 27 heavy (non-hydrogen) atoms. The van der Waals surface area contributed by atoms with Crippen LogP contribution in [0.5, 0.6) is 0 Å². The Balaban J connectivity index is 2.50. The number of nitrogens with zero attached hydrogens (tertiary/aromatic N) is 2. The van der Waals surface area contributed by atoms with Crippen LogP contribution in [0, 0.1) is 0 Å². The molecule has 0 N–H and O–H groups in total. The van der Waals surface area contributed by atoms with Crippen molar-refractivity contribution in [2.75, 3.05) is 30.7 Å². The number of sulfonamides is 1. The highest BCUT2D eigenvalue weighted by Gasteiger charge is 2.53. The van der Waals surface area contributed by atoms with E-state index in [-0.39, 0.29) is 38.5 Å². The Bertz CT molecular complexity index is 812. The molecule has 0 bridgehead atoms. The van der Waals surface area contributed by atoms with E-state index in [0.29, 0.717) is 0 Å². The van der Waals surface area contributed by atoms with Crippen LogP contribution in [0.1, 0.15) is 12.5 Å². The van der Waals surface area contributed by atoms with Gasteiger partial charge in [0.15, 0.2) is 0 Å². The molecule has 1 saturated heterocycles. The number of benzene rings is 1. The first kappa shape index (κ1) is 21.0. The van der Waals surface area contributed by atoms with Crippen molar-refractivity contribution in [2.24, 2.45) is 0 Å². The third-order valence-corrected chi connectivity index (χ3v) is 5.03. The SMILES string of the molecule is CCOC(=O)N(c1ccccc1CN1CCOCC1=O)S(=O)(=O)C(F)(F)F. The summed E-state index contributed by atoms with van der Waals surface area (Å²) in [5.74, 6) is -0.405. The average Bonchev–Trinajstić information content (AvgIpc) is 2.57. The number of hydrogen-bond acceptors (Lipinski definition) is 6. The van der Waals surface area contributed by atoms with E-state index in [4.69, 9.17) is 4.74 Å². The van der Waals surface area contributed by atoms with Crippen LogP contribution in [-0.4, -0.2) is 57.2 Å². The smallest absolute Gasteiger partial charge is 0.449 e. The molecule has 1 aliphatic heterocycles. The van der Waals surface area contributed by atoms with Crippen molar-refractivity contribution in [3.05, 3.63) is 29.8 Å². The minimum atomic E-state index is -6.06. The lowest BCUT2D eigenvalue weighted by molar-refractivity contribution is -0.143. The molecule has 0 radical (unpaired) electrons. The Morgan fingerprint density at radius 2 is 2.00 bits per heavy atom. The predicted octanol–water partition coefficient (Wildman–Crippen LogP) is 1.86. The Hall–Kier alpha value is -2.34. The Labute approximate surface area is 153 Å². The van der Waals surface area contributed by atoms with E-state index in [2.05, 4.69) is 4.74 Å². The number of anilines is 1. The van der Waals surface area contributed by atoms with Crippen molar-refractivity contribution in [3.63, 3.8) is 0 Å². The highest BCUT2D eigenvalue weighted by Crippen LogP contribution is 2.34. The number of carbonyl (C=O) groups excluding carboxylic acids is 2. The number of halogens is 3. The maximum atomic E-state index is 13.1. The second-order valence-electron chi connectivity index (χ2n) is 5.41. The van der Waals surface area contributed by atoms with Crippen LogP contribution in [0.4, 0.5) is 23.7 Å². The Morgan fingerprint density at radius 1 is 1.33 bits per heavy atom. The van der Waals surface area contributed by atoms with Crippen molar-refractivity contribution in [1.29, 1.82) is 0 Å². The molecule has 1 aromatic carbocycles. The number of morpholine rings is 1. The van der Waals surface area contributed by atoms with Gasteiger partial charge in [0.25, 0.3) is 0 Å². The fraction of sp³-hybridized carbons (Fsp3) is 0.467. The molecule has 150 valence electrons. The lowest BCUT2D eigenvalue weighted by atomic mass is 10.1. The van der Waals surface area contributed by atoms with Gasteiger partial charge in [-0.3, -0.25) is 4.79 Å². The maximum absolute atomic E-state index is 13.1. The summed E-state index contributed by atoms with van der Waals surface area (Å²) in [6.07, 6.45) is -1.68. The van der Waals surface area contributed by atoms with E-state index in [0.717, 1.165) is 6.07 Å². The summed E-state index contributed by atoms with van der Waals surface area (Å²) in [7, 11) is -6.06. The molecule has 8 nitrogen and oxygen atoms in total. The van der Waals surface area contributed by atoms with Crippen LogP contribution in [0.3, 0.4) is 0 Å². The summed E-state index contributed by atoms with van der Waals surface area (Å²) in [6, 6.07) is 5.10. The Morgan fingerprint density at radius 3 is 2.59 bits per heavy atom. The molecule has 0 aliphatic carbocycles. The molecular formula is C15H17F3N2O6S. The maximum Gasteiger partial charge on any atom is 0.517 e. The number of amides is 2. The third kappa shape index (κ3) is 4.50. The molecule has 1 fully saturated rings. The summed E-state index contributed by atoms with van der Waals surface area (Å²) < 4.78 is 72.3. The van der Waals surface area contributed by atoms with Crippen LogP contribution in [0.2, 0.25) is 0 Å². The zero-order valence-electron chi connectivity index (χ0n) is 14.2. The van der Waals surface area contributed by atoms with Gasteiger partial charge in [0, 0.05) is 13.1 Å². The molecular weight excluding hydrogens is 393 g/mol. The number of para-hydroxylation sites is 1. The number of carbonyl (C=O) groups is 2. The normalized spacial score (nSPS) is 15.6. The summed E-state index contributed by atoms with van der Waals surface area (Å²) in [6.45, 7) is 1.03. The van der Waals surface area contributed by atoms with Crippen molar-refractivity contribution < 1.29 is 40.7 Å². The van der Waals surface area contributed by atoms with Gasteiger partial charge >= 0.3 is 21.6 Å². The number of alkyl halides is 3. The zero-order valence-corrected chi connectivity index (χ0v) is 15.0. The van der Waals surface area contributed by atoms with Crippen molar-refractivity contribution in [3.8, 4) is 0 Å². The summed E-state index contributed by atoms with van der Waals surface area (Å²) in [5.41, 5.74) is -6.22. The molecule has 0 spiro atoms. The second kappa shape index (κ2) is 8.13. The highest BCUT2D eigenvalue weighted by molar-refractivity contribution is 7.94. The largest absolute Gasteiger partial charge is 0.517 e. The van der Waals surface area contributed by atoms with Crippen LogP contribution >= 0.6 is 0 Å². The number of rotatable bonds is 5. The Kier molecular flexibility index (Phi) is 6.31. The van der Waals surface area contributed by atoms with Crippen molar-refractivity contribution >= 4 is 27.7 Å². The first-order chi connectivity index (χ1) is 12.6. The summed E-state index contributed by atoms with van der Waals surface area (Å²) in [4.78, 5) is 25.2. The molecule has 0 atom stereocenters. The van der Waals surface area contributed by atoms with Crippen molar-refractivity contribution in [1.82, 2.24) is 4.90 Å². The fourth-order valence-corrected chi connectivity index (χ4v) is 3.27. The van der Waals surface area contributed by atoms with Gasteiger partial charge in [-0.15, -0.1) is 0 Å². The molecule has 0 unspecified atom stereocenters.